The normalized spacial score (nSPS) is 28.2. The van der Waals surface area contributed by atoms with E-state index in [2.05, 4.69) is 5.32 Å². The van der Waals surface area contributed by atoms with Gasteiger partial charge in [-0.25, -0.2) is 0 Å². The molecule has 5 heteroatoms. The molecule has 0 aromatic heterocycles. The number of carbonyl (C=O) groups excluding carboxylic acids is 1. The van der Waals surface area contributed by atoms with Crippen LogP contribution >= 0.6 is 0 Å². The van der Waals surface area contributed by atoms with E-state index in [1.54, 1.807) is 7.11 Å². The second-order valence-corrected chi connectivity index (χ2v) is 7.72. The lowest BCUT2D eigenvalue weighted by atomic mass is 9.67. The fourth-order valence-corrected chi connectivity index (χ4v) is 3.92. The van der Waals surface area contributed by atoms with Crippen molar-refractivity contribution in [2.75, 3.05) is 20.3 Å². The van der Waals surface area contributed by atoms with E-state index in [1.165, 1.54) is 0 Å². The van der Waals surface area contributed by atoms with Crippen molar-refractivity contribution in [1.29, 1.82) is 0 Å². The zero-order valence-electron chi connectivity index (χ0n) is 15.8. The molecule has 0 spiro atoms. The highest BCUT2D eigenvalue weighted by atomic mass is 16.5. The Bertz CT molecular complexity index is 643. The van der Waals surface area contributed by atoms with Gasteiger partial charge in [0.15, 0.2) is 5.60 Å². The van der Waals surface area contributed by atoms with Crippen molar-refractivity contribution in [3.8, 4) is 5.75 Å². The van der Waals surface area contributed by atoms with Gasteiger partial charge >= 0.3 is 0 Å². The molecule has 1 saturated carbocycles. The summed E-state index contributed by atoms with van der Waals surface area (Å²) in [6.45, 7) is 9.06. The number of aryl methyl sites for hydroxylation is 1. The van der Waals surface area contributed by atoms with Gasteiger partial charge in [-0.05, 0) is 51.3 Å². The van der Waals surface area contributed by atoms with E-state index in [9.17, 15) is 4.79 Å². The molecule has 2 aliphatic rings. The Morgan fingerprint density at radius 3 is 2.84 bits per heavy atom. The van der Waals surface area contributed by atoms with Crippen molar-refractivity contribution in [1.82, 2.24) is 5.32 Å². The molecule has 1 aromatic rings. The smallest absolute Gasteiger partial charge is 0.263 e. The van der Waals surface area contributed by atoms with Crippen molar-refractivity contribution < 1.29 is 19.0 Å². The molecule has 5 nitrogen and oxygen atoms in total. The van der Waals surface area contributed by atoms with Crippen molar-refractivity contribution >= 4 is 5.91 Å². The fourth-order valence-electron chi connectivity index (χ4n) is 3.92. The molecule has 4 atom stereocenters. The first-order chi connectivity index (χ1) is 11.8. The summed E-state index contributed by atoms with van der Waals surface area (Å²) in [4.78, 5) is 12.9. The molecule has 2 fully saturated rings. The Kier molecular flexibility index (Phi) is 5.07. The van der Waals surface area contributed by atoms with Gasteiger partial charge in [-0.15, -0.1) is 0 Å². The highest BCUT2D eigenvalue weighted by molar-refractivity contribution is 5.85. The van der Waals surface area contributed by atoms with E-state index in [4.69, 9.17) is 14.2 Å². The zero-order valence-corrected chi connectivity index (χ0v) is 15.8. The van der Waals surface area contributed by atoms with Crippen LogP contribution in [-0.4, -0.2) is 44.0 Å². The van der Waals surface area contributed by atoms with Crippen molar-refractivity contribution in [3.63, 3.8) is 0 Å². The van der Waals surface area contributed by atoms with Crippen LogP contribution in [0.4, 0.5) is 0 Å². The number of amides is 1. The van der Waals surface area contributed by atoms with Crippen LogP contribution in [-0.2, 0) is 14.3 Å². The van der Waals surface area contributed by atoms with Crippen molar-refractivity contribution in [3.05, 3.63) is 29.3 Å². The second kappa shape index (κ2) is 6.96. The Morgan fingerprint density at radius 2 is 2.12 bits per heavy atom. The summed E-state index contributed by atoms with van der Waals surface area (Å²) in [5.74, 6) is 1.27. The minimum Gasteiger partial charge on any atom is -0.478 e. The molecule has 0 unspecified atom stereocenters. The van der Waals surface area contributed by atoms with Gasteiger partial charge < -0.3 is 19.5 Å². The number of fused-ring (bicyclic) bond motifs is 1. The van der Waals surface area contributed by atoms with Gasteiger partial charge in [-0.3, -0.25) is 4.79 Å². The topological polar surface area (TPSA) is 56.8 Å². The van der Waals surface area contributed by atoms with Crippen molar-refractivity contribution in [2.24, 2.45) is 11.8 Å². The number of hydrogen-bond acceptors (Lipinski definition) is 4. The highest BCUT2D eigenvalue weighted by Crippen LogP contribution is 2.44. The van der Waals surface area contributed by atoms with Crippen LogP contribution in [0.5, 0.6) is 5.75 Å². The summed E-state index contributed by atoms with van der Waals surface area (Å²) in [5, 5.41) is 3.19. The monoisotopic (exact) mass is 347 g/mol. The number of benzene rings is 1. The van der Waals surface area contributed by atoms with Crippen molar-refractivity contribution in [2.45, 2.75) is 51.9 Å². The van der Waals surface area contributed by atoms with E-state index in [1.807, 2.05) is 45.9 Å². The molecule has 1 aromatic carbocycles. The van der Waals surface area contributed by atoms with Crippen LogP contribution in [0.25, 0.3) is 0 Å². The largest absolute Gasteiger partial charge is 0.478 e. The maximum Gasteiger partial charge on any atom is 0.263 e. The predicted molar refractivity (Wildman–Crippen MR) is 95.8 cm³/mol. The molecule has 138 valence electrons. The molecule has 1 N–H and O–H groups in total. The molecule has 1 heterocycles. The number of methoxy groups -OCH3 is 1. The number of nitrogens with one attached hydrogen (secondary N) is 1. The molecule has 1 aliphatic carbocycles. The number of ether oxygens (including phenoxy) is 3. The van der Waals surface area contributed by atoms with Gasteiger partial charge in [-0.1, -0.05) is 12.1 Å². The van der Waals surface area contributed by atoms with Gasteiger partial charge in [0.05, 0.1) is 12.7 Å². The molecule has 0 bridgehead atoms. The molecule has 1 saturated heterocycles. The van der Waals surface area contributed by atoms with Gasteiger partial charge in [0.25, 0.3) is 5.91 Å². The first-order valence-corrected chi connectivity index (χ1v) is 9.02. The van der Waals surface area contributed by atoms with Crippen LogP contribution < -0.4 is 10.1 Å². The molecule has 3 rings (SSSR count). The van der Waals surface area contributed by atoms with E-state index in [-0.39, 0.29) is 24.0 Å². The van der Waals surface area contributed by atoms with Crippen LogP contribution in [0, 0.1) is 25.7 Å². The van der Waals surface area contributed by atoms with Gasteiger partial charge in [0, 0.05) is 31.6 Å². The molecule has 0 radical (unpaired) electrons. The van der Waals surface area contributed by atoms with Gasteiger partial charge in [0.2, 0.25) is 0 Å². The summed E-state index contributed by atoms with van der Waals surface area (Å²) in [7, 11) is 1.69. The zero-order chi connectivity index (χ0) is 18.2. The molecule has 1 amide bonds. The Balaban J connectivity index is 1.68. The molecular formula is C20H29NO4. The summed E-state index contributed by atoms with van der Waals surface area (Å²) in [6, 6.07) is 6.00. The van der Waals surface area contributed by atoms with E-state index < -0.39 is 5.60 Å². The van der Waals surface area contributed by atoms with Crippen LogP contribution in [0.15, 0.2) is 18.2 Å². The van der Waals surface area contributed by atoms with Crippen LogP contribution in [0.3, 0.4) is 0 Å². The second-order valence-electron chi connectivity index (χ2n) is 7.72. The maximum atomic E-state index is 12.9. The van der Waals surface area contributed by atoms with Crippen LogP contribution in [0.1, 0.15) is 31.4 Å². The molecular weight excluding hydrogens is 318 g/mol. The number of carbonyl (C=O) groups is 1. The fraction of sp³-hybridized carbons (Fsp3) is 0.650. The lowest BCUT2D eigenvalue weighted by molar-refractivity contribution is -0.142. The summed E-state index contributed by atoms with van der Waals surface area (Å²) in [5.41, 5.74) is 1.27. The number of rotatable bonds is 6. The third-order valence-corrected chi connectivity index (χ3v) is 5.65. The molecule has 25 heavy (non-hydrogen) atoms. The predicted octanol–water partition coefficient (Wildman–Crippen LogP) is 2.63. The summed E-state index contributed by atoms with van der Waals surface area (Å²) in [6.07, 6.45) is 1.21. The SMILES string of the molecule is COC[C@@H]1[C@H](NC(=O)C(C)(C)Oc2cccc(C)c2C)[C@@H]2CCO[C@H]12. The molecule has 1 aliphatic heterocycles. The van der Waals surface area contributed by atoms with E-state index in [0.29, 0.717) is 12.5 Å². The minimum absolute atomic E-state index is 0.0927. The highest BCUT2D eigenvalue weighted by Gasteiger charge is 2.55. The van der Waals surface area contributed by atoms with E-state index in [0.717, 1.165) is 29.9 Å². The number of hydrogen-bond donors (Lipinski definition) is 1. The maximum absolute atomic E-state index is 12.9. The minimum atomic E-state index is -0.944. The average molecular weight is 347 g/mol. The first kappa shape index (κ1) is 18.2. The summed E-state index contributed by atoms with van der Waals surface area (Å²) < 4.78 is 17.2. The quantitative estimate of drug-likeness (QED) is 0.859. The van der Waals surface area contributed by atoms with Crippen LogP contribution in [0.2, 0.25) is 0 Å². The Morgan fingerprint density at radius 1 is 1.36 bits per heavy atom. The first-order valence-electron chi connectivity index (χ1n) is 9.02. The van der Waals surface area contributed by atoms with E-state index >= 15 is 0 Å². The third kappa shape index (κ3) is 3.40. The standard InChI is InChI=1S/C20H29NO4/c1-12-7-6-8-16(13(12)2)25-20(3,4)19(22)21-17-14-9-10-24-18(14)15(17)11-23-5/h6-8,14-15,17-18H,9-11H2,1-5H3,(H,21,22)/t14-,15+,17+,18-/m0/s1. The van der Waals surface area contributed by atoms with Gasteiger partial charge in [0.1, 0.15) is 5.75 Å². The lowest BCUT2D eigenvalue weighted by Crippen LogP contribution is -2.65. The lowest BCUT2D eigenvalue weighted by Gasteiger charge is -2.48. The third-order valence-electron chi connectivity index (χ3n) is 5.65. The Labute approximate surface area is 150 Å². The van der Waals surface area contributed by atoms with Gasteiger partial charge in [-0.2, -0.15) is 0 Å². The average Bonchev–Trinajstić information content (AvgIpc) is 2.98. The Hall–Kier alpha value is -1.59. The summed E-state index contributed by atoms with van der Waals surface area (Å²) >= 11 is 0.